The topological polar surface area (TPSA) is 17.8 Å². The van der Waals surface area contributed by atoms with Crippen LogP contribution in [0.3, 0.4) is 0 Å². The normalized spacial score (nSPS) is 11.9. The first-order chi connectivity index (χ1) is 25.3. The van der Waals surface area contributed by atoms with Crippen molar-refractivity contribution in [2.75, 3.05) is 0 Å². The van der Waals surface area contributed by atoms with E-state index in [9.17, 15) is 0 Å². The number of hydrogen-bond acceptors (Lipinski definition) is 1. The van der Waals surface area contributed by atoms with Crippen molar-refractivity contribution in [3.05, 3.63) is 182 Å². The van der Waals surface area contributed by atoms with Gasteiger partial charge in [0.25, 0.3) is 0 Å². The predicted octanol–water partition coefficient (Wildman–Crippen LogP) is 13.3. The molecule has 2 nitrogen and oxygen atoms in total. The zero-order chi connectivity index (χ0) is 33.5. The Labute approximate surface area is 294 Å². The van der Waals surface area contributed by atoms with Crippen LogP contribution in [-0.2, 0) is 0 Å². The Morgan fingerprint density at radius 2 is 0.882 bits per heavy atom. The standard InChI is InChI=1S/C49H30N2/c1-2-13-31(14-3-1)48-43-28-27-41-40-21-9-11-24-46(40)51(49(41)47(43)42-22-8-10-23-45(42)50-48)34-16-12-15-32(29-34)33-25-26-39-37-19-5-4-17-35(37)36-18-6-7-20-38(36)44(39)30-33/h1-30H. The van der Waals surface area contributed by atoms with Crippen LogP contribution in [0, 0.1) is 0 Å². The summed E-state index contributed by atoms with van der Waals surface area (Å²) in [7, 11) is 0. The van der Waals surface area contributed by atoms with Gasteiger partial charge in [-0.1, -0.05) is 152 Å². The number of hydrogen-bond donors (Lipinski definition) is 0. The molecule has 9 aromatic carbocycles. The lowest BCUT2D eigenvalue weighted by atomic mass is 9.92. The Bertz CT molecular complexity index is 3150. The van der Waals surface area contributed by atoms with E-state index in [1.807, 2.05) is 0 Å². The van der Waals surface area contributed by atoms with E-state index in [-0.39, 0.29) is 0 Å². The molecule has 0 aliphatic carbocycles. The lowest BCUT2D eigenvalue weighted by molar-refractivity contribution is 1.19. The van der Waals surface area contributed by atoms with E-state index in [1.54, 1.807) is 0 Å². The van der Waals surface area contributed by atoms with Gasteiger partial charge in [0.2, 0.25) is 0 Å². The molecule has 2 aromatic heterocycles. The highest BCUT2D eigenvalue weighted by Gasteiger charge is 2.20. The van der Waals surface area contributed by atoms with Crippen molar-refractivity contribution >= 4 is 75.8 Å². The SMILES string of the molecule is c1ccc(-c2nc3ccccc3c3c2ccc2c4ccccc4n(-c4cccc(-c5ccc6c7ccccc7c7ccccc7c6c5)c4)c23)cc1. The fourth-order valence-electron chi connectivity index (χ4n) is 8.49. The molecule has 236 valence electrons. The van der Waals surface area contributed by atoms with Crippen molar-refractivity contribution in [2.24, 2.45) is 0 Å². The van der Waals surface area contributed by atoms with Crippen LogP contribution in [-0.4, -0.2) is 9.55 Å². The molecule has 0 atom stereocenters. The molecular formula is C49H30N2. The first kappa shape index (κ1) is 28.1. The monoisotopic (exact) mass is 646 g/mol. The molecule has 0 saturated heterocycles. The van der Waals surface area contributed by atoms with E-state index in [0.29, 0.717) is 0 Å². The Hall–Kier alpha value is -6.77. The molecule has 0 amide bonds. The maximum atomic E-state index is 5.25. The summed E-state index contributed by atoms with van der Waals surface area (Å²) < 4.78 is 2.47. The third-order valence-corrected chi connectivity index (χ3v) is 10.7. The van der Waals surface area contributed by atoms with Crippen molar-refractivity contribution < 1.29 is 0 Å². The summed E-state index contributed by atoms with van der Waals surface area (Å²) in [4.78, 5) is 5.25. The molecule has 2 heteroatoms. The number of rotatable bonds is 3. The first-order valence-corrected chi connectivity index (χ1v) is 17.6. The summed E-state index contributed by atoms with van der Waals surface area (Å²) in [6.07, 6.45) is 0. The van der Waals surface area contributed by atoms with Crippen molar-refractivity contribution in [1.29, 1.82) is 0 Å². The van der Waals surface area contributed by atoms with Crippen LogP contribution >= 0.6 is 0 Å². The quantitative estimate of drug-likeness (QED) is 0.175. The molecule has 51 heavy (non-hydrogen) atoms. The molecule has 11 aromatic rings. The molecule has 2 heterocycles. The summed E-state index contributed by atoms with van der Waals surface area (Å²) in [5.74, 6) is 0. The second kappa shape index (κ2) is 10.9. The third-order valence-electron chi connectivity index (χ3n) is 10.7. The molecule has 0 spiro atoms. The molecule has 0 unspecified atom stereocenters. The van der Waals surface area contributed by atoms with Gasteiger partial charge in [-0.3, -0.25) is 0 Å². The van der Waals surface area contributed by atoms with Crippen molar-refractivity contribution in [1.82, 2.24) is 9.55 Å². The molecule has 0 fully saturated rings. The third kappa shape index (κ3) is 4.14. The minimum absolute atomic E-state index is 0.998. The van der Waals surface area contributed by atoms with Crippen LogP contribution in [0.1, 0.15) is 0 Å². The van der Waals surface area contributed by atoms with Crippen LogP contribution < -0.4 is 0 Å². The van der Waals surface area contributed by atoms with Gasteiger partial charge in [-0.2, -0.15) is 0 Å². The van der Waals surface area contributed by atoms with Gasteiger partial charge in [-0.05, 0) is 73.8 Å². The molecular weight excluding hydrogens is 617 g/mol. The molecule has 0 aliphatic heterocycles. The average molecular weight is 647 g/mol. The molecule has 0 bridgehead atoms. The summed E-state index contributed by atoms with van der Waals surface area (Å²) in [6.45, 7) is 0. The van der Waals surface area contributed by atoms with E-state index in [2.05, 4.69) is 187 Å². The fraction of sp³-hybridized carbons (Fsp3) is 0. The summed E-state index contributed by atoms with van der Waals surface area (Å²) in [5.41, 5.74) is 9.05. The largest absolute Gasteiger partial charge is 0.309 e. The highest BCUT2D eigenvalue weighted by molar-refractivity contribution is 6.27. The van der Waals surface area contributed by atoms with Gasteiger partial charge in [-0.25, -0.2) is 4.98 Å². The average Bonchev–Trinajstić information content (AvgIpc) is 3.55. The van der Waals surface area contributed by atoms with Gasteiger partial charge in [0.05, 0.1) is 22.2 Å². The Kier molecular flexibility index (Phi) is 5.99. The highest BCUT2D eigenvalue weighted by Crippen LogP contribution is 2.43. The van der Waals surface area contributed by atoms with Crippen LogP contribution in [0.15, 0.2) is 182 Å². The zero-order valence-electron chi connectivity index (χ0n) is 27.7. The van der Waals surface area contributed by atoms with Gasteiger partial charge in [0, 0.05) is 38.2 Å². The second-order valence-corrected chi connectivity index (χ2v) is 13.5. The maximum absolute atomic E-state index is 5.25. The highest BCUT2D eigenvalue weighted by atomic mass is 15.0. The summed E-state index contributed by atoms with van der Waals surface area (Å²) >= 11 is 0. The number of aromatic nitrogens is 2. The molecule has 11 rings (SSSR count). The number of benzene rings is 9. The lowest BCUT2D eigenvalue weighted by Crippen LogP contribution is -1.97. The Morgan fingerprint density at radius 3 is 1.65 bits per heavy atom. The first-order valence-electron chi connectivity index (χ1n) is 17.6. The summed E-state index contributed by atoms with van der Waals surface area (Å²) in [5, 5.41) is 13.8. The van der Waals surface area contributed by atoms with Crippen LogP contribution in [0.2, 0.25) is 0 Å². The smallest absolute Gasteiger partial charge is 0.0788 e. The lowest BCUT2D eigenvalue weighted by Gasteiger charge is -2.15. The summed E-state index contributed by atoms with van der Waals surface area (Å²) in [6, 6.07) is 66.1. The second-order valence-electron chi connectivity index (χ2n) is 13.5. The molecule has 0 radical (unpaired) electrons. The number of pyridine rings is 1. The van der Waals surface area contributed by atoms with E-state index in [1.165, 1.54) is 70.6 Å². The maximum Gasteiger partial charge on any atom is 0.0788 e. The van der Waals surface area contributed by atoms with Crippen LogP contribution in [0.25, 0.3) is 104 Å². The Morgan fingerprint density at radius 1 is 0.333 bits per heavy atom. The zero-order valence-corrected chi connectivity index (χ0v) is 27.7. The predicted molar refractivity (Wildman–Crippen MR) is 217 cm³/mol. The van der Waals surface area contributed by atoms with E-state index in [4.69, 9.17) is 4.98 Å². The van der Waals surface area contributed by atoms with Gasteiger partial charge in [-0.15, -0.1) is 0 Å². The number of nitrogens with zero attached hydrogens (tertiary/aromatic N) is 2. The van der Waals surface area contributed by atoms with Crippen molar-refractivity contribution in [3.63, 3.8) is 0 Å². The van der Waals surface area contributed by atoms with Gasteiger partial charge < -0.3 is 4.57 Å². The minimum Gasteiger partial charge on any atom is -0.309 e. The van der Waals surface area contributed by atoms with Gasteiger partial charge in [0.15, 0.2) is 0 Å². The fourth-order valence-corrected chi connectivity index (χ4v) is 8.49. The van der Waals surface area contributed by atoms with E-state index in [0.717, 1.165) is 33.2 Å². The van der Waals surface area contributed by atoms with Crippen molar-refractivity contribution in [2.45, 2.75) is 0 Å². The molecule has 0 saturated carbocycles. The van der Waals surface area contributed by atoms with Crippen LogP contribution in [0.4, 0.5) is 0 Å². The van der Waals surface area contributed by atoms with Crippen molar-refractivity contribution in [3.8, 4) is 28.1 Å². The van der Waals surface area contributed by atoms with E-state index < -0.39 is 0 Å². The Balaban J connectivity index is 1.21. The van der Waals surface area contributed by atoms with Crippen LogP contribution in [0.5, 0.6) is 0 Å². The number of fused-ring (bicyclic) bond motifs is 13. The molecule has 0 N–H and O–H groups in total. The van der Waals surface area contributed by atoms with E-state index >= 15 is 0 Å². The van der Waals surface area contributed by atoms with Gasteiger partial charge in [0.1, 0.15) is 0 Å². The minimum atomic E-state index is 0.998. The van der Waals surface area contributed by atoms with Gasteiger partial charge >= 0.3 is 0 Å². The number of para-hydroxylation sites is 2. The molecule has 0 aliphatic rings.